The van der Waals surface area contributed by atoms with E-state index in [9.17, 15) is 28.8 Å². The van der Waals surface area contributed by atoms with Crippen LogP contribution in [0.25, 0.3) is 66.3 Å². The third kappa shape index (κ3) is 32.9. The highest BCUT2D eigenvalue weighted by Crippen LogP contribution is 2.28. The lowest BCUT2D eigenvalue weighted by Crippen LogP contribution is -2.29. The number of halogens is 1. The van der Waals surface area contributed by atoms with Crippen LogP contribution < -0.4 is 29.1 Å². The molecule has 25 nitrogen and oxygen atoms in total. The van der Waals surface area contributed by atoms with E-state index in [1.807, 2.05) is 140 Å². The number of aromatic hydroxyl groups is 2. The van der Waals surface area contributed by atoms with E-state index in [2.05, 4.69) is 44.1 Å². The molecular formula is C95H75BBrN7O18. The summed E-state index contributed by atoms with van der Waals surface area (Å²) in [7, 11) is 1.81. The van der Waals surface area contributed by atoms with Crippen molar-refractivity contribution in [2.24, 2.45) is 0 Å². The molecule has 122 heavy (non-hydrogen) atoms. The number of aliphatic carboxylic acids is 3. The average molecular weight is 1690 g/mol. The zero-order valence-electron chi connectivity index (χ0n) is 64.4. The van der Waals surface area contributed by atoms with Gasteiger partial charge in [-0.2, -0.15) is 26.3 Å². The molecule has 0 saturated heterocycles. The van der Waals surface area contributed by atoms with E-state index in [1.54, 1.807) is 203 Å². The molecule has 0 amide bonds. The van der Waals surface area contributed by atoms with E-state index >= 15 is 0 Å². The molecule has 0 unspecified atom stereocenters. The molecule has 0 aliphatic carbocycles. The summed E-state index contributed by atoms with van der Waals surface area (Å²) < 4.78 is 26.3. The molecule has 2 heterocycles. The molecule has 0 atom stereocenters. The third-order valence-corrected chi connectivity index (χ3v) is 16.7. The minimum atomic E-state index is -1.40. The van der Waals surface area contributed by atoms with Crippen LogP contribution in [0.4, 0.5) is 0 Å². The number of phenols is 2. The van der Waals surface area contributed by atoms with E-state index in [4.69, 9.17) is 85.6 Å². The van der Waals surface area contributed by atoms with Crippen molar-refractivity contribution in [2.75, 3.05) is 14.2 Å². The van der Waals surface area contributed by atoms with Gasteiger partial charge < -0.3 is 59.3 Å². The zero-order valence-corrected chi connectivity index (χ0v) is 65.9. The molecule has 27 heteroatoms. The molecule has 12 aromatic carbocycles. The van der Waals surface area contributed by atoms with Crippen LogP contribution in [0.2, 0.25) is 0 Å². The second-order valence-corrected chi connectivity index (χ2v) is 25.6. The fraction of sp³-hybridized carbons (Fsp3) is 0.0632. The summed E-state index contributed by atoms with van der Waals surface area (Å²) in [5, 5.41) is 105. The zero-order chi connectivity index (χ0) is 87.4. The number of carboxylic acids is 3. The largest absolute Gasteiger partial charge is 0.508 e. The second kappa shape index (κ2) is 50.0. The lowest BCUT2D eigenvalue weighted by atomic mass is 9.80. The number of benzene rings is 12. The van der Waals surface area contributed by atoms with Gasteiger partial charge in [-0.05, 0) is 232 Å². The number of ether oxygens (including phenoxy) is 5. The number of carbonyl (C=O) groups is 6. The van der Waals surface area contributed by atoms with Crippen LogP contribution in [0, 0.1) is 56.7 Å². The number of fused-ring (bicyclic) bond motifs is 2. The fourth-order valence-electron chi connectivity index (χ4n) is 10.2. The Labute approximate surface area is 710 Å². The van der Waals surface area contributed by atoms with E-state index in [0.717, 1.165) is 76.5 Å². The average Bonchev–Trinajstić information content (AvgIpc) is 0.802. The molecule has 14 aromatic rings. The maximum absolute atomic E-state index is 12.1. The number of nitriles is 5. The van der Waals surface area contributed by atoms with Crippen LogP contribution in [-0.2, 0) is 28.8 Å². The number of rotatable bonds is 16. The summed E-state index contributed by atoms with van der Waals surface area (Å²) in [5.74, 6) is -3.04. The Morgan fingerprint density at radius 1 is 0.336 bits per heavy atom. The van der Waals surface area contributed by atoms with Gasteiger partial charge in [0.15, 0.2) is 0 Å². The fourth-order valence-corrected chi connectivity index (χ4v) is 10.4. The summed E-state index contributed by atoms with van der Waals surface area (Å²) in [5.41, 5.74) is 13.3. The molecule has 0 fully saturated rings. The number of hydrogen-bond donors (Lipinski definition) is 7. The molecular weight excluding hydrogens is 1620 g/mol. The van der Waals surface area contributed by atoms with E-state index in [1.165, 1.54) is 0 Å². The lowest BCUT2D eigenvalue weighted by Gasteiger charge is -2.07. The topological polar surface area (TPSA) is 435 Å². The number of pyridine rings is 2. The van der Waals surface area contributed by atoms with Gasteiger partial charge in [0.05, 0.1) is 83.4 Å². The van der Waals surface area contributed by atoms with Gasteiger partial charge in [-0.3, -0.25) is 38.7 Å². The van der Waals surface area contributed by atoms with Gasteiger partial charge >= 0.3 is 42.9 Å². The van der Waals surface area contributed by atoms with Gasteiger partial charge in [-0.1, -0.05) is 145 Å². The monoisotopic (exact) mass is 1690 g/mol. The van der Waals surface area contributed by atoms with Crippen molar-refractivity contribution in [3.63, 3.8) is 0 Å². The number of esters is 3. The van der Waals surface area contributed by atoms with Gasteiger partial charge in [0.2, 0.25) is 0 Å². The van der Waals surface area contributed by atoms with E-state index in [-0.39, 0.29) is 18.9 Å². The van der Waals surface area contributed by atoms with Crippen molar-refractivity contribution in [3.8, 4) is 115 Å². The van der Waals surface area contributed by atoms with Crippen molar-refractivity contribution in [1.82, 2.24) is 9.97 Å². The van der Waals surface area contributed by atoms with E-state index < -0.39 is 62.2 Å². The highest BCUT2D eigenvalue weighted by atomic mass is 79.9. The van der Waals surface area contributed by atoms with Crippen LogP contribution in [0.3, 0.4) is 0 Å². The number of hydrogen-bond acceptors (Lipinski definition) is 22. The van der Waals surface area contributed by atoms with Gasteiger partial charge in [0.1, 0.15) is 59.5 Å². The smallest absolute Gasteiger partial charge is 0.488 e. The lowest BCUT2D eigenvalue weighted by molar-refractivity contribution is -0.148. The molecule has 14 rings (SSSR count). The number of phenolic OH excluding ortho intramolecular Hbond substituents is 2. The number of carbonyl (C=O) groups excluding carboxylic acids is 3. The Kier molecular flexibility index (Phi) is 38.6. The van der Waals surface area contributed by atoms with Crippen molar-refractivity contribution < 1.29 is 88.0 Å². The summed E-state index contributed by atoms with van der Waals surface area (Å²) >= 11 is 3.27. The highest BCUT2D eigenvalue weighted by molar-refractivity contribution is 9.10. The number of carboxylic acid groups (broad SMARTS) is 3. The first-order valence-corrected chi connectivity index (χ1v) is 36.6. The SMILES string of the molecule is C.COc1ccc(-c2ccc(C#N)cc2)cc1.COc1ccc(B(O)O)cc1.N#Cc1ccc(-c2ccc(O)cc2)cc1.N#Cc1ccc(-c2ccc(OC(=O)CC(=O)O)cc2)cc1.N#Cc1ccc(-c2ccc(OC(=O)CC(=O)Oc3ccc4ncccc4c3)cc2)cc1.N#Cc1ccc(Br)cc1.O=C(O)CC(=O)O.Oc1ccc2ncccc2c1. The van der Waals surface area contributed by atoms with Crippen LogP contribution in [0.5, 0.6) is 40.2 Å². The van der Waals surface area contributed by atoms with Gasteiger partial charge in [0, 0.05) is 27.6 Å². The van der Waals surface area contributed by atoms with Crippen molar-refractivity contribution in [1.29, 1.82) is 26.3 Å². The molecule has 2 aromatic heterocycles. The van der Waals surface area contributed by atoms with Crippen LogP contribution >= 0.6 is 15.9 Å². The summed E-state index contributed by atoms with van der Waals surface area (Å²) in [4.78, 5) is 72.9. The maximum atomic E-state index is 12.1. The Morgan fingerprint density at radius 3 is 0.926 bits per heavy atom. The number of aromatic nitrogens is 2. The molecule has 0 bridgehead atoms. The molecule has 0 aliphatic heterocycles. The van der Waals surface area contributed by atoms with Crippen molar-refractivity contribution in [3.05, 3.63) is 348 Å². The first kappa shape index (κ1) is 94.2. The third-order valence-electron chi connectivity index (χ3n) is 16.2. The standard InChI is InChI=1S/C25H16N2O4.C16H11NO4.C14H11NO.C13H9NO.C9H7NO.C7H9BO3.C7H4BrN.C3H4O4.CH4/c26-16-17-3-5-18(6-4-17)19-7-9-21(10-8-19)30-24(28)15-25(29)31-22-11-12-23-20(14-22)2-1-13-27-23;17-10-11-1-3-12(4-2-11)13-5-7-14(8-6-13)21-16(20)9-15(18)19;1-16-14-8-6-13(7-9-14)12-4-2-11(10-15)3-5-12;14-9-10-1-3-11(4-2-10)12-5-7-13(15)8-6-12;11-8-3-4-9-7(6-8)2-1-5-10-9;1-11-7-4-2-6(3-5-7)8(9)10;8-7-3-1-6(5-9)2-4-7;4-2(5)1-3(6)7;/h1-14H,15H2;1-8H,9H2,(H,18,19);2-9H,1H3;1-8,15H;1-6,11H;2-5,9-10H,1H3;1-4H;1H2,(H,4,5)(H,6,7);1H4. The van der Waals surface area contributed by atoms with Gasteiger partial charge in [-0.25, -0.2) is 0 Å². The Bertz CT molecular complexity index is 5990. The normalized spacial score (nSPS) is 9.54. The molecule has 0 aliphatic rings. The predicted octanol–water partition coefficient (Wildman–Crippen LogP) is 17.3. The Balaban J connectivity index is 0.000000225. The number of methoxy groups -OCH3 is 2. The molecule has 0 saturated carbocycles. The Morgan fingerprint density at radius 2 is 0.607 bits per heavy atom. The van der Waals surface area contributed by atoms with E-state index in [0.29, 0.717) is 56.3 Å². The quantitative estimate of drug-likeness (QED) is 0.0204. The molecule has 7 N–H and O–H groups in total. The number of nitrogens with zero attached hydrogens (tertiary/aromatic N) is 7. The molecule has 0 spiro atoms. The maximum Gasteiger partial charge on any atom is 0.488 e. The first-order valence-electron chi connectivity index (χ1n) is 35.8. The minimum absolute atomic E-state index is 0. The van der Waals surface area contributed by atoms with Gasteiger partial charge in [0.25, 0.3) is 0 Å². The first-order chi connectivity index (χ1) is 58.4. The summed E-state index contributed by atoms with van der Waals surface area (Å²) in [6.07, 6.45) is 1.43. The summed E-state index contributed by atoms with van der Waals surface area (Å²) in [6.45, 7) is 0. The van der Waals surface area contributed by atoms with Crippen LogP contribution in [0.1, 0.15) is 54.5 Å². The summed E-state index contributed by atoms with van der Waals surface area (Å²) in [6, 6.07) is 99.2. The molecule has 608 valence electrons. The highest BCUT2D eigenvalue weighted by Gasteiger charge is 2.16. The Hall–Kier alpha value is -16.6. The van der Waals surface area contributed by atoms with Gasteiger partial charge in [-0.15, -0.1) is 0 Å². The van der Waals surface area contributed by atoms with Crippen LogP contribution in [0.15, 0.2) is 320 Å². The minimum Gasteiger partial charge on any atom is -0.508 e. The molecule has 0 radical (unpaired) electrons. The second-order valence-electron chi connectivity index (χ2n) is 24.7. The predicted molar refractivity (Wildman–Crippen MR) is 462 cm³/mol. The van der Waals surface area contributed by atoms with Crippen LogP contribution in [-0.4, -0.2) is 103 Å². The van der Waals surface area contributed by atoms with Crippen molar-refractivity contribution in [2.45, 2.75) is 26.7 Å². The van der Waals surface area contributed by atoms with Crippen molar-refractivity contribution >= 4 is 86.1 Å².